The number of hydrogen-bond donors (Lipinski definition) is 0. The first kappa shape index (κ1) is 37.0. The van der Waals surface area contributed by atoms with E-state index >= 15 is 0 Å². The highest BCUT2D eigenvalue weighted by molar-refractivity contribution is 7.14. The predicted octanol–water partition coefficient (Wildman–Crippen LogP) is 19.3. The van der Waals surface area contributed by atoms with Crippen LogP contribution in [0, 0.1) is 0 Å². The molecule has 0 saturated carbocycles. The van der Waals surface area contributed by atoms with Crippen LogP contribution in [-0.2, 0) is 10.8 Å². The Balaban J connectivity index is 1.27. The Labute approximate surface area is 377 Å². The molecule has 0 saturated heterocycles. The van der Waals surface area contributed by atoms with Crippen LogP contribution in [0.1, 0.15) is 52.7 Å². The van der Waals surface area contributed by atoms with Gasteiger partial charge in [-0.2, -0.15) is 0 Å². The van der Waals surface area contributed by atoms with Crippen LogP contribution in [0.5, 0.6) is 0 Å². The third-order valence-electron chi connectivity index (χ3n) is 13.5. The molecule has 0 bridgehead atoms. The lowest BCUT2D eigenvalue weighted by molar-refractivity contribution is 0.591. The van der Waals surface area contributed by atoms with E-state index in [1.54, 1.807) is 0 Å². The molecule has 0 atom stereocenters. The highest BCUT2D eigenvalue weighted by atomic mass is 32.1. The Hall–Kier alpha value is -5.62. The number of hydrogen-bond acceptors (Lipinski definition) is 4. The monoisotopic (exact) mass is 866 g/mol. The fourth-order valence-electron chi connectivity index (χ4n) is 10.5. The van der Waals surface area contributed by atoms with Gasteiger partial charge < -0.3 is 0 Å². The van der Waals surface area contributed by atoms with E-state index in [0.717, 1.165) is 0 Å². The van der Waals surface area contributed by atoms with Crippen molar-refractivity contribution in [3.05, 3.63) is 154 Å². The molecule has 298 valence electrons. The van der Waals surface area contributed by atoms with Crippen LogP contribution >= 0.6 is 45.3 Å². The van der Waals surface area contributed by atoms with Crippen molar-refractivity contribution in [3.8, 4) is 41.8 Å². The first-order chi connectivity index (χ1) is 30.0. The summed E-state index contributed by atoms with van der Waals surface area (Å²) in [4.78, 5) is 5.24. The maximum Gasteiger partial charge on any atom is 0.0349 e. The average molecular weight is 867 g/mol. The topological polar surface area (TPSA) is 0 Å². The zero-order valence-electron chi connectivity index (χ0n) is 35.5. The molecule has 0 amide bonds. The molecule has 0 N–H and O–H groups in total. The molecule has 9 aromatic carbocycles. The lowest BCUT2D eigenvalue weighted by Crippen LogP contribution is -2.11. The van der Waals surface area contributed by atoms with Gasteiger partial charge >= 0.3 is 0 Å². The van der Waals surface area contributed by atoms with E-state index in [2.05, 4.69) is 184 Å². The summed E-state index contributed by atoms with van der Waals surface area (Å²) in [5.41, 5.74) is 8.06. The predicted molar refractivity (Wildman–Crippen MR) is 280 cm³/mol. The molecule has 0 radical (unpaired) electrons. The van der Waals surface area contributed by atoms with Crippen LogP contribution in [0.15, 0.2) is 143 Å². The van der Waals surface area contributed by atoms with E-state index in [1.807, 2.05) is 45.3 Å². The zero-order chi connectivity index (χ0) is 41.8. The minimum atomic E-state index is 0.0158. The summed E-state index contributed by atoms with van der Waals surface area (Å²) >= 11 is 7.38. The van der Waals surface area contributed by atoms with Gasteiger partial charge in [0.05, 0.1) is 0 Å². The van der Waals surface area contributed by atoms with Gasteiger partial charge in [0.15, 0.2) is 0 Å². The largest absolute Gasteiger partial charge is 0.144 e. The van der Waals surface area contributed by atoms with E-state index in [1.165, 1.54) is 139 Å². The smallest absolute Gasteiger partial charge is 0.0349 e. The minimum Gasteiger partial charge on any atom is -0.144 e. The second kappa shape index (κ2) is 13.0. The molecule has 62 heavy (non-hydrogen) atoms. The SMILES string of the molecule is CC(C)(C)c1cc2cc(-c3cccs3)c3cc4cc5cc6c(-c7cccs7)cc7cc(C(C)(C)C)cc8cc(-c9cccs9)c(c5cc4c4c(-c5cccs5)cc(c1)c2c34)c6c78. The number of thiophene rings is 4. The van der Waals surface area contributed by atoms with Crippen molar-refractivity contribution < 1.29 is 0 Å². The molecule has 0 spiro atoms. The van der Waals surface area contributed by atoms with Crippen molar-refractivity contribution in [1.82, 2.24) is 0 Å². The van der Waals surface area contributed by atoms with Gasteiger partial charge in [-0.1, -0.05) is 90.1 Å². The lowest BCUT2D eigenvalue weighted by atomic mass is 9.79. The third kappa shape index (κ3) is 5.34. The van der Waals surface area contributed by atoms with Crippen molar-refractivity contribution in [2.24, 2.45) is 0 Å². The molecule has 13 rings (SSSR count). The highest BCUT2D eigenvalue weighted by Crippen LogP contribution is 2.53. The van der Waals surface area contributed by atoms with Crippen LogP contribution in [0.4, 0.5) is 0 Å². The van der Waals surface area contributed by atoms with Crippen molar-refractivity contribution in [3.63, 3.8) is 0 Å². The molecule has 0 aliphatic carbocycles. The van der Waals surface area contributed by atoms with Crippen molar-refractivity contribution in [2.75, 3.05) is 0 Å². The summed E-state index contributed by atoms with van der Waals surface area (Å²) < 4.78 is 0. The summed E-state index contributed by atoms with van der Waals surface area (Å²) in [6, 6.07) is 48.1. The van der Waals surface area contributed by atoms with E-state index < -0.39 is 0 Å². The molecule has 13 aromatic rings. The summed E-state index contributed by atoms with van der Waals surface area (Å²) in [6.07, 6.45) is 0. The van der Waals surface area contributed by atoms with Gasteiger partial charge in [-0.05, 0) is 202 Å². The van der Waals surface area contributed by atoms with Gasteiger partial charge in [-0.15, -0.1) is 45.3 Å². The second-order valence-electron chi connectivity index (χ2n) is 19.3. The van der Waals surface area contributed by atoms with E-state index in [-0.39, 0.29) is 10.8 Å². The third-order valence-corrected chi connectivity index (χ3v) is 17.1. The normalized spacial score (nSPS) is 13.0. The minimum absolute atomic E-state index is 0.0158. The van der Waals surface area contributed by atoms with Crippen molar-refractivity contribution in [1.29, 1.82) is 0 Å². The average Bonchev–Trinajstić information content (AvgIpc) is 4.11. The lowest BCUT2D eigenvalue weighted by Gasteiger charge is -2.25. The fraction of sp³-hybridized carbons (Fsp3) is 0.138. The van der Waals surface area contributed by atoms with Gasteiger partial charge in [0.2, 0.25) is 0 Å². The zero-order valence-corrected chi connectivity index (χ0v) is 38.8. The van der Waals surface area contributed by atoms with Crippen LogP contribution in [-0.4, -0.2) is 0 Å². The standard InChI is InChI=1S/C58H42S4/c1-57(2,3)37-20-33-26-41(47-11-7-15-59-47)43-24-31-19-32-25-44-42(48-12-8-16-60-48)27-34-21-38(58(4,5)6)23-36-29-46(50-14-10-18-62-50)54(56(44)52(34)36)40(32)30-39(31)53-45(49-13-9-17-61-49)28-35(22-37)51(33)55(43)53/h7-30H,1-6H3. The fourth-order valence-corrected chi connectivity index (χ4v) is 13.5. The van der Waals surface area contributed by atoms with Crippen LogP contribution in [0.25, 0.3) is 128 Å². The molecule has 4 heteroatoms. The summed E-state index contributed by atoms with van der Waals surface area (Å²) in [7, 11) is 0. The molecule has 0 aliphatic heterocycles. The molecular weight excluding hydrogens is 825 g/mol. The second-order valence-corrected chi connectivity index (χ2v) is 23.1. The van der Waals surface area contributed by atoms with Crippen LogP contribution in [0.3, 0.4) is 0 Å². The van der Waals surface area contributed by atoms with Gasteiger partial charge in [-0.3, -0.25) is 0 Å². The quantitative estimate of drug-likeness (QED) is 0.122. The van der Waals surface area contributed by atoms with E-state index in [0.29, 0.717) is 0 Å². The first-order valence-corrected chi connectivity index (χ1v) is 25.0. The van der Waals surface area contributed by atoms with Crippen LogP contribution in [0.2, 0.25) is 0 Å². The van der Waals surface area contributed by atoms with Gasteiger partial charge in [0.1, 0.15) is 0 Å². The summed E-state index contributed by atoms with van der Waals surface area (Å²) in [5, 5.41) is 30.3. The molecule has 0 unspecified atom stereocenters. The molecule has 4 aromatic heterocycles. The van der Waals surface area contributed by atoms with Gasteiger partial charge in [-0.25, -0.2) is 0 Å². The Kier molecular flexibility index (Phi) is 7.73. The molecule has 0 aliphatic rings. The molecule has 0 fully saturated rings. The maximum absolute atomic E-state index is 2.59. The Morgan fingerprint density at radius 1 is 0.290 bits per heavy atom. The Bertz CT molecular complexity index is 3590. The van der Waals surface area contributed by atoms with Crippen molar-refractivity contribution in [2.45, 2.75) is 52.4 Å². The number of rotatable bonds is 4. The molecule has 0 nitrogen and oxygen atoms in total. The molecule has 4 heterocycles. The summed E-state index contributed by atoms with van der Waals surface area (Å²) in [6.45, 7) is 14.0. The number of fused-ring (bicyclic) bond motifs is 4. The number of benzene rings is 9. The Morgan fingerprint density at radius 3 is 0.952 bits per heavy atom. The van der Waals surface area contributed by atoms with Gasteiger partial charge in [0.25, 0.3) is 0 Å². The molecular formula is C58H42S4. The van der Waals surface area contributed by atoms with E-state index in [4.69, 9.17) is 0 Å². The summed E-state index contributed by atoms with van der Waals surface area (Å²) in [5.74, 6) is 0. The van der Waals surface area contributed by atoms with Crippen molar-refractivity contribution >= 4 is 132 Å². The first-order valence-electron chi connectivity index (χ1n) is 21.5. The maximum atomic E-state index is 2.59. The van der Waals surface area contributed by atoms with Gasteiger partial charge in [0, 0.05) is 41.8 Å². The Morgan fingerprint density at radius 2 is 0.629 bits per heavy atom. The highest BCUT2D eigenvalue weighted by Gasteiger charge is 2.26. The van der Waals surface area contributed by atoms with E-state index in [9.17, 15) is 0 Å². The van der Waals surface area contributed by atoms with Crippen LogP contribution < -0.4 is 0 Å².